The third kappa shape index (κ3) is 3.93. The fourth-order valence-electron chi connectivity index (χ4n) is 2.34. The molecule has 0 unspecified atom stereocenters. The normalized spacial score (nSPS) is 16.5. The predicted octanol–water partition coefficient (Wildman–Crippen LogP) is 1.90. The Kier molecular flexibility index (Phi) is 4.95. The summed E-state index contributed by atoms with van der Waals surface area (Å²) >= 11 is 0. The largest absolute Gasteiger partial charge is 0.462 e. The van der Waals surface area contributed by atoms with Crippen molar-refractivity contribution in [1.29, 1.82) is 0 Å². The van der Waals surface area contributed by atoms with E-state index in [1.165, 1.54) is 6.07 Å². The molecule has 0 radical (unpaired) electrons. The second-order valence-electron chi connectivity index (χ2n) is 5.25. The highest BCUT2D eigenvalue weighted by Gasteiger charge is 2.21. The molecule has 1 aromatic carbocycles. The van der Waals surface area contributed by atoms with Gasteiger partial charge in [-0.05, 0) is 26.0 Å². The molecule has 0 amide bonds. The summed E-state index contributed by atoms with van der Waals surface area (Å²) in [6.07, 6.45) is -0.0813. The number of anilines is 1. The number of nitrogens with zero attached hydrogens (tertiary/aromatic N) is 2. The Labute approximate surface area is 119 Å². The van der Waals surface area contributed by atoms with Crippen molar-refractivity contribution >= 4 is 11.7 Å². The van der Waals surface area contributed by atoms with Crippen molar-refractivity contribution in [1.82, 2.24) is 4.90 Å². The molecule has 1 aliphatic heterocycles. The maximum atomic E-state index is 13.7. The van der Waals surface area contributed by atoms with Crippen LogP contribution in [0.1, 0.15) is 13.8 Å². The quantitative estimate of drug-likeness (QED) is 0.789. The smallest absolute Gasteiger partial charge is 0.320 e. The van der Waals surface area contributed by atoms with Gasteiger partial charge in [-0.15, -0.1) is 0 Å². The van der Waals surface area contributed by atoms with Crippen LogP contribution in [0.3, 0.4) is 0 Å². The molecule has 1 saturated heterocycles. The van der Waals surface area contributed by atoms with E-state index in [1.54, 1.807) is 12.1 Å². The minimum absolute atomic E-state index is 0.0813. The lowest BCUT2D eigenvalue weighted by atomic mass is 10.2. The van der Waals surface area contributed by atoms with Gasteiger partial charge in [0.2, 0.25) is 0 Å². The van der Waals surface area contributed by atoms with Gasteiger partial charge in [-0.1, -0.05) is 12.1 Å². The first-order valence-corrected chi connectivity index (χ1v) is 6.97. The molecule has 4 nitrogen and oxygen atoms in total. The van der Waals surface area contributed by atoms with Crippen molar-refractivity contribution < 1.29 is 13.9 Å². The van der Waals surface area contributed by atoms with Crippen molar-refractivity contribution in [3.05, 3.63) is 30.1 Å². The molecular weight excluding hydrogens is 259 g/mol. The van der Waals surface area contributed by atoms with Crippen molar-refractivity contribution in [2.75, 3.05) is 37.6 Å². The lowest BCUT2D eigenvalue weighted by Gasteiger charge is -2.35. The Morgan fingerprint density at radius 3 is 2.50 bits per heavy atom. The molecule has 0 aliphatic carbocycles. The minimum atomic E-state index is -0.195. The first-order chi connectivity index (χ1) is 9.56. The number of hydrogen-bond acceptors (Lipinski definition) is 4. The molecule has 1 aliphatic rings. The van der Waals surface area contributed by atoms with E-state index in [0.717, 1.165) is 26.2 Å². The molecule has 0 saturated carbocycles. The minimum Gasteiger partial charge on any atom is -0.462 e. The van der Waals surface area contributed by atoms with Crippen LogP contribution in [0, 0.1) is 5.82 Å². The number of carbonyl (C=O) groups is 1. The van der Waals surface area contributed by atoms with Gasteiger partial charge >= 0.3 is 5.97 Å². The molecule has 5 heteroatoms. The number of piperazine rings is 1. The van der Waals surface area contributed by atoms with Crippen LogP contribution < -0.4 is 4.90 Å². The number of esters is 1. The highest BCUT2D eigenvalue weighted by atomic mass is 19.1. The fourth-order valence-corrected chi connectivity index (χ4v) is 2.34. The molecule has 1 heterocycles. The van der Waals surface area contributed by atoms with Crippen molar-refractivity contribution in [3.63, 3.8) is 0 Å². The number of ether oxygens (including phenoxy) is 1. The van der Waals surface area contributed by atoms with Crippen LogP contribution in [0.5, 0.6) is 0 Å². The summed E-state index contributed by atoms with van der Waals surface area (Å²) in [4.78, 5) is 15.6. The van der Waals surface area contributed by atoms with E-state index in [9.17, 15) is 9.18 Å². The van der Waals surface area contributed by atoms with Crippen molar-refractivity contribution in [2.24, 2.45) is 0 Å². The first kappa shape index (κ1) is 14.8. The lowest BCUT2D eigenvalue weighted by molar-refractivity contribution is -0.148. The fraction of sp³-hybridized carbons (Fsp3) is 0.533. The van der Waals surface area contributed by atoms with Gasteiger partial charge in [0, 0.05) is 26.2 Å². The molecule has 2 rings (SSSR count). The van der Waals surface area contributed by atoms with Crippen LogP contribution >= 0.6 is 0 Å². The maximum Gasteiger partial charge on any atom is 0.320 e. The van der Waals surface area contributed by atoms with Gasteiger partial charge in [0.05, 0.1) is 18.3 Å². The second kappa shape index (κ2) is 6.70. The lowest BCUT2D eigenvalue weighted by Crippen LogP contribution is -2.48. The highest BCUT2D eigenvalue weighted by Crippen LogP contribution is 2.19. The van der Waals surface area contributed by atoms with Gasteiger partial charge in [-0.25, -0.2) is 4.39 Å². The Balaban J connectivity index is 1.84. The highest BCUT2D eigenvalue weighted by molar-refractivity contribution is 5.71. The topological polar surface area (TPSA) is 32.8 Å². The molecule has 20 heavy (non-hydrogen) atoms. The second-order valence-corrected chi connectivity index (χ2v) is 5.25. The molecule has 1 fully saturated rings. The average molecular weight is 280 g/mol. The van der Waals surface area contributed by atoms with Crippen molar-refractivity contribution in [3.8, 4) is 0 Å². The van der Waals surface area contributed by atoms with E-state index in [4.69, 9.17) is 4.74 Å². The van der Waals surface area contributed by atoms with E-state index in [0.29, 0.717) is 12.2 Å². The van der Waals surface area contributed by atoms with Crippen LogP contribution in [-0.2, 0) is 9.53 Å². The number of carbonyl (C=O) groups excluding carboxylic acids is 1. The number of halogens is 1. The molecule has 110 valence electrons. The molecule has 0 spiro atoms. The van der Waals surface area contributed by atoms with E-state index >= 15 is 0 Å². The standard InChI is InChI=1S/C15H21FN2O2/c1-12(2)20-15(19)11-17-7-9-18(10-8-17)14-6-4-3-5-13(14)16/h3-6,12H,7-11H2,1-2H3. The molecular formula is C15H21FN2O2. The molecule has 1 aromatic rings. The Hall–Kier alpha value is -1.62. The van der Waals surface area contributed by atoms with Gasteiger partial charge in [0.15, 0.2) is 0 Å². The van der Waals surface area contributed by atoms with Crippen LogP contribution in [0.15, 0.2) is 24.3 Å². The van der Waals surface area contributed by atoms with E-state index in [-0.39, 0.29) is 17.9 Å². The summed E-state index contributed by atoms with van der Waals surface area (Å²) in [7, 11) is 0. The van der Waals surface area contributed by atoms with Crippen molar-refractivity contribution in [2.45, 2.75) is 20.0 Å². The monoisotopic (exact) mass is 280 g/mol. The third-order valence-electron chi connectivity index (χ3n) is 3.29. The number of hydrogen-bond donors (Lipinski definition) is 0. The van der Waals surface area contributed by atoms with E-state index < -0.39 is 0 Å². The summed E-state index contributed by atoms with van der Waals surface area (Å²) in [5.74, 6) is -0.389. The van der Waals surface area contributed by atoms with Gasteiger partial charge in [-0.2, -0.15) is 0 Å². The number of rotatable bonds is 4. The summed E-state index contributed by atoms with van der Waals surface area (Å²) in [6.45, 7) is 6.90. The van der Waals surface area contributed by atoms with Crippen LogP contribution in [0.2, 0.25) is 0 Å². The molecule has 0 atom stereocenters. The molecule has 0 aromatic heterocycles. The molecule has 0 bridgehead atoms. The zero-order valence-electron chi connectivity index (χ0n) is 12.0. The summed E-state index contributed by atoms with van der Waals surface area (Å²) < 4.78 is 18.8. The van der Waals surface area contributed by atoms with Gasteiger partial charge < -0.3 is 9.64 Å². The SMILES string of the molecule is CC(C)OC(=O)CN1CCN(c2ccccc2F)CC1. The number of benzene rings is 1. The Bertz CT molecular complexity index is 457. The van der Waals surface area contributed by atoms with E-state index in [2.05, 4.69) is 0 Å². The van der Waals surface area contributed by atoms with Crippen LogP contribution in [0.25, 0.3) is 0 Å². The first-order valence-electron chi connectivity index (χ1n) is 6.97. The summed E-state index contributed by atoms with van der Waals surface area (Å²) in [5.41, 5.74) is 0.636. The summed E-state index contributed by atoms with van der Waals surface area (Å²) in [6, 6.07) is 6.79. The zero-order chi connectivity index (χ0) is 14.5. The third-order valence-corrected chi connectivity index (χ3v) is 3.29. The maximum absolute atomic E-state index is 13.7. The number of para-hydroxylation sites is 1. The Morgan fingerprint density at radius 1 is 1.25 bits per heavy atom. The van der Waals surface area contributed by atoms with Gasteiger partial charge in [-0.3, -0.25) is 9.69 Å². The Morgan fingerprint density at radius 2 is 1.90 bits per heavy atom. The van der Waals surface area contributed by atoms with E-state index in [1.807, 2.05) is 29.7 Å². The van der Waals surface area contributed by atoms with Gasteiger partial charge in [0.25, 0.3) is 0 Å². The average Bonchev–Trinajstić information content (AvgIpc) is 2.39. The van der Waals surface area contributed by atoms with Gasteiger partial charge in [0.1, 0.15) is 5.82 Å². The van der Waals surface area contributed by atoms with Crippen LogP contribution in [0.4, 0.5) is 10.1 Å². The zero-order valence-corrected chi connectivity index (χ0v) is 12.0. The molecule has 0 N–H and O–H groups in total. The van der Waals surface area contributed by atoms with Crippen LogP contribution in [-0.4, -0.2) is 49.7 Å². The predicted molar refractivity (Wildman–Crippen MR) is 76.3 cm³/mol. The summed E-state index contributed by atoms with van der Waals surface area (Å²) in [5, 5.41) is 0.